The number of benzene rings is 1. The fourth-order valence-corrected chi connectivity index (χ4v) is 1.98. The van der Waals surface area contributed by atoms with Crippen LogP contribution in [0.5, 0.6) is 0 Å². The van der Waals surface area contributed by atoms with Gasteiger partial charge in [-0.1, -0.05) is 12.1 Å². The van der Waals surface area contributed by atoms with Crippen LogP contribution in [0.15, 0.2) is 24.3 Å². The van der Waals surface area contributed by atoms with E-state index in [1.807, 2.05) is 12.1 Å². The number of nitrogens with one attached hydrogen (secondary N) is 2. The summed E-state index contributed by atoms with van der Waals surface area (Å²) in [4.78, 5) is 11.0. The van der Waals surface area contributed by atoms with Gasteiger partial charge in [-0.15, -0.1) is 12.4 Å². The van der Waals surface area contributed by atoms with Crippen LogP contribution < -0.4 is 10.6 Å². The molecule has 4 nitrogen and oxygen atoms in total. The molecule has 0 atom stereocenters. The normalized spacial score (nSPS) is 16.0. The number of piperidine rings is 1. The van der Waals surface area contributed by atoms with Gasteiger partial charge in [0.25, 0.3) is 0 Å². The molecule has 1 fully saturated rings. The van der Waals surface area contributed by atoms with Crippen LogP contribution >= 0.6 is 12.4 Å². The number of carboxylic acids is 1. The fraction of sp³-hybridized carbons (Fsp3) is 0.417. The molecule has 1 aliphatic rings. The van der Waals surface area contributed by atoms with Crippen molar-refractivity contribution in [1.29, 1.82) is 0 Å². The van der Waals surface area contributed by atoms with Gasteiger partial charge in [-0.3, -0.25) is 0 Å². The van der Waals surface area contributed by atoms with Crippen LogP contribution in [-0.4, -0.2) is 30.2 Å². The molecule has 0 aliphatic carbocycles. The van der Waals surface area contributed by atoms with Crippen molar-refractivity contribution in [1.82, 2.24) is 5.32 Å². The maximum absolute atomic E-state index is 11.0. The van der Waals surface area contributed by atoms with E-state index in [1.165, 1.54) is 0 Å². The summed E-state index contributed by atoms with van der Waals surface area (Å²) in [6.07, 6.45) is 2.07. The Morgan fingerprint density at radius 3 is 2.59 bits per heavy atom. The van der Waals surface area contributed by atoms with Crippen molar-refractivity contribution in [3.63, 3.8) is 0 Å². The van der Waals surface area contributed by atoms with Crippen molar-refractivity contribution in [2.75, 3.05) is 18.4 Å². The first-order chi connectivity index (χ1) is 7.77. The summed E-state index contributed by atoms with van der Waals surface area (Å²) in [5, 5.41) is 15.6. The van der Waals surface area contributed by atoms with E-state index in [1.54, 1.807) is 12.1 Å². The quantitative estimate of drug-likeness (QED) is 0.774. The number of carbonyl (C=O) groups is 1. The molecule has 0 amide bonds. The Balaban J connectivity index is 0.00000144. The highest BCUT2D eigenvalue weighted by molar-refractivity contribution is 5.94. The predicted molar refractivity (Wildman–Crippen MR) is 70.2 cm³/mol. The lowest BCUT2D eigenvalue weighted by atomic mass is 10.1. The minimum Gasteiger partial charge on any atom is -0.478 e. The average molecular weight is 257 g/mol. The second-order valence-corrected chi connectivity index (χ2v) is 4.02. The number of rotatable bonds is 3. The first kappa shape index (κ1) is 13.8. The largest absolute Gasteiger partial charge is 0.478 e. The first-order valence-corrected chi connectivity index (χ1v) is 5.57. The van der Waals surface area contributed by atoms with Crippen molar-refractivity contribution >= 4 is 24.1 Å². The second-order valence-electron chi connectivity index (χ2n) is 4.02. The van der Waals surface area contributed by atoms with Crippen LogP contribution in [0.3, 0.4) is 0 Å². The molecular formula is C12H17ClN2O2. The Hall–Kier alpha value is -1.26. The van der Waals surface area contributed by atoms with Crippen LogP contribution in [0.4, 0.5) is 5.69 Å². The van der Waals surface area contributed by atoms with Gasteiger partial charge >= 0.3 is 5.97 Å². The van der Waals surface area contributed by atoms with Crippen molar-refractivity contribution in [3.8, 4) is 0 Å². The van der Waals surface area contributed by atoms with E-state index in [4.69, 9.17) is 5.11 Å². The number of carboxylic acid groups (broad SMARTS) is 1. The Kier molecular flexibility index (Phi) is 5.25. The van der Waals surface area contributed by atoms with E-state index >= 15 is 0 Å². The second kappa shape index (κ2) is 6.47. The topological polar surface area (TPSA) is 61.4 Å². The van der Waals surface area contributed by atoms with Crippen molar-refractivity contribution in [3.05, 3.63) is 29.8 Å². The lowest BCUT2D eigenvalue weighted by Crippen LogP contribution is -2.35. The molecule has 1 aromatic carbocycles. The van der Waals surface area contributed by atoms with Crippen LogP contribution in [0, 0.1) is 0 Å². The van der Waals surface area contributed by atoms with Gasteiger partial charge in [0.1, 0.15) is 0 Å². The highest BCUT2D eigenvalue weighted by atomic mass is 35.5. The third kappa shape index (κ3) is 3.61. The molecule has 0 radical (unpaired) electrons. The zero-order valence-corrected chi connectivity index (χ0v) is 10.3. The first-order valence-electron chi connectivity index (χ1n) is 5.57. The number of hydrogen-bond acceptors (Lipinski definition) is 3. The minimum atomic E-state index is -0.878. The summed E-state index contributed by atoms with van der Waals surface area (Å²) < 4.78 is 0. The molecule has 1 saturated heterocycles. The van der Waals surface area contributed by atoms with E-state index in [-0.39, 0.29) is 12.4 Å². The maximum Gasteiger partial charge on any atom is 0.337 e. The van der Waals surface area contributed by atoms with Crippen LogP contribution in [0.2, 0.25) is 0 Å². The van der Waals surface area contributed by atoms with Gasteiger partial charge in [-0.2, -0.15) is 0 Å². The predicted octanol–water partition coefficient (Wildman–Crippen LogP) is 1.97. The molecular weight excluding hydrogens is 240 g/mol. The average Bonchev–Trinajstić information content (AvgIpc) is 2.31. The fourth-order valence-electron chi connectivity index (χ4n) is 1.98. The van der Waals surface area contributed by atoms with Gasteiger partial charge in [0.15, 0.2) is 0 Å². The molecule has 3 N–H and O–H groups in total. The Morgan fingerprint density at radius 1 is 1.29 bits per heavy atom. The molecule has 0 bridgehead atoms. The van der Waals surface area contributed by atoms with Crippen molar-refractivity contribution in [2.24, 2.45) is 0 Å². The van der Waals surface area contributed by atoms with Gasteiger partial charge in [0, 0.05) is 11.7 Å². The summed E-state index contributed by atoms with van der Waals surface area (Å²) in [6.45, 7) is 1.99. The van der Waals surface area contributed by atoms with Gasteiger partial charge in [-0.05, 0) is 38.1 Å². The third-order valence-corrected chi connectivity index (χ3v) is 2.86. The summed E-state index contributed by atoms with van der Waals surface area (Å²) in [6, 6.07) is 7.44. The van der Waals surface area contributed by atoms with E-state index in [2.05, 4.69) is 10.6 Å². The Bertz CT molecular complexity index is 379. The Labute approximate surface area is 107 Å². The lowest BCUT2D eigenvalue weighted by Gasteiger charge is -2.25. The van der Waals surface area contributed by atoms with Gasteiger partial charge in [0.2, 0.25) is 0 Å². The van der Waals surface area contributed by atoms with Gasteiger partial charge in [-0.25, -0.2) is 4.79 Å². The highest BCUT2D eigenvalue weighted by Crippen LogP contribution is 2.18. The molecule has 5 heteroatoms. The lowest BCUT2D eigenvalue weighted by molar-refractivity contribution is 0.0698. The zero-order valence-electron chi connectivity index (χ0n) is 9.48. The molecule has 0 spiro atoms. The van der Waals surface area contributed by atoms with Gasteiger partial charge < -0.3 is 15.7 Å². The Morgan fingerprint density at radius 2 is 1.94 bits per heavy atom. The molecule has 2 rings (SSSR count). The van der Waals surface area contributed by atoms with E-state index in [0.717, 1.165) is 31.6 Å². The number of para-hydroxylation sites is 1. The molecule has 94 valence electrons. The SMILES string of the molecule is Cl.O=C(O)c1ccccc1NC1CCNCC1. The minimum absolute atomic E-state index is 0. The summed E-state index contributed by atoms with van der Waals surface area (Å²) in [5.74, 6) is -0.878. The smallest absolute Gasteiger partial charge is 0.337 e. The van der Waals surface area contributed by atoms with Crippen molar-refractivity contribution < 1.29 is 9.90 Å². The summed E-state index contributed by atoms with van der Waals surface area (Å²) in [7, 11) is 0. The number of halogens is 1. The molecule has 1 aromatic rings. The molecule has 1 heterocycles. The molecule has 17 heavy (non-hydrogen) atoms. The monoisotopic (exact) mass is 256 g/mol. The van der Waals surface area contributed by atoms with Crippen LogP contribution in [-0.2, 0) is 0 Å². The van der Waals surface area contributed by atoms with E-state index < -0.39 is 5.97 Å². The molecule has 1 aliphatic heterocycles. The third-order valence-electron chi connectivity index (χ3n) is 2.86. The standard InChI is InChI=1S/C12H16N2O2.ClH/c15-12(16)10-3-1-2-4-11(10)14-9-5-7-13-8-6-9;/h1-4,9,13-14H,5-8H2,(H,15,16);1H. The number of aromatic carboxylic acids is 1. The maximum atomic E-state index is 11.0. The number of hydrogen-bond donors (Lipinski definition) is 3. The van der Waals surface area contributed by atoms with Gasteiger partial charge in [0.05, 0.1) is 5.56 Å². The molecule has 0 aromatic heterocycles. The highest BCUT2D eigenvalue weighted by Gasteiger charge is 2.15. The van der Waals surface area contributed by atoms with E-state index in [0.29, 0.717) is 11.6 Å². The number of anilines is 1. The van der Waals surface area contributed by atoms with Crippen LogP contribution in [0.1, 0.15) is 23.2 Å². The zero-order chi connectivity index (χ0) is 11.4. The van der Waals surface area contributed by atoms with Crippen LogP contribution in [0.25, 0.3) is 0 Å². The molecule has 0 unspecified atom stereocenters. The van der Waals surface area contributed by atoms with Crippen molar-refractivity contribution in [2.45, 2.75) is 18.9 Å². The summed E-state index contributed by atoms with van der Waals surface area (Å²) >= 11 is 0. The summed E-state index contributed by atoms with van der Waals surface area (Å²) in [5.41, 5.74) is 1.07. The van der Waals surface area contributed by atoms with E-state index in [9.17, 15) is 4.79 Å². The molecule has 0 saturated carbocycles.